The van der Waals surface area contributed by atoms with Crippen molar-refractivity contribution in [3.63, 3.8) is 0 Å². The van der Waals surface area contributed by atoms with Gasteiger partial charge in [-0.25, -0.2) is 4.79 Å². The summed E-state index contributed by atoms with van der Waals surface area (Å²) in [5.74, 6) is 0. The number of ether oxygens (including phenoxy) is 1. The number of nitrogens with zero attached hydrogens (tertiary/aromatic N) is 2. The molecule has 3 rings (SSSR count). The summed E-state index contributed by atoms with van der Waals surface area (Å²) >= 11 is 0. The van der Waals surface area contributed by atoms with E-state index in [1.54, 1.807) is 17.3 Å². The van der Waals surface area contributed by atoms with E-state index >= 15 is 0 Å². The molecule has 0 spiro atoms. The minimum atomic E-state index is -0.779. The lowest BCUT2D eigenvalue weighted by atomic mass is 9.86. The third kappa shape index (κ3) is 4.32. The van der Waals surface area contributed by atoms with Gasteiger partial charge >= 0.3 is 6.09 Å². The van der Waals surface area contributed by atoms with Gasteiger partial charge in [0, 0.05) is 31.9 Å². The van der Waals surface area contributed by atoms with Crippen LogP contribution in [0.3, 0.4) is 0 Å². The SMILES string of the molecule is O=C(OCc1ccccc1)N1CCC(O)(Cc2cccnc2)CC1. The van der Waals surface area contributed by atoms with Crippen molar-refractivity contribution in [2.45, 2.75) is 31.5 Å². The van der Waals surface area contributed by atoms with E-state index in [0.29, 0.717) is 32.4 Å². The van der Waals surface area contributed by atoms with E-state index < -0.39 is 5.60 Å². The molecule has 5 heteroatoms. The zero-order valence-electron chi connectivity index (χ0n) is 13.6. The number of carbonyl (C=O) groups is 1. The van der Waals surface area contributed by atoms with Gasteiger partial charge in [-0.05, 0) is 30.0 Å². The lowest BCUT2D eigenvalue weighted by molar-refractivity contribution is -0.0206. The highest BCUT2D eigenvalue weighted by Crippen LogP contribution is 2.26. The molecule has 1 fully saturated rings. The Hall–Kier alpha value is -2.40. The molecule has 126 valence electrons. The number of benzene rings is 1. The maximum Gasteiger partial charge on any atom is 0.410 e. The molecule has 2 aromatic rings. The van der Waals surface area contributed by atoms with Crippen molar-refractivity contribution in [3.8, 4) is 0 Å². The van der Waals surface area contributed by atoms with Crippen molar-refractivity contribution in [1.29, 1.82) is 0 Å². The molecular formula is C19H22N2O3. The smallest absolute Gasteiger partial charge is 0.410 e. The predicted molar refractivity (Wildman–Crippen MR) is 90.3 cm³/mol. The van der Waals surface area contributed by atoms with Gasteiger partial charge in [0.15, 0.2) is 0 Å². The monoisotopic (exact) mass is 326 g/mol. The first-order chi connectivity index (χ1) is 11.6. The predicted octanol–water partition coefficient (Wildman–Crippen LogP) is 2.79. The van der Waals surface area contributed by atoms with Crippen molar-refractivity contribution in [3.05, 3.63) is 66.0 Å². The standard InChI is InChI=1S/C19H22N2O3/c22-18(24-15-16-5-2-1-3-6-16)21-11-8-19(23,9-12-21)13-17-7-4-10-20-14-17/h1-7,10,14,23H,8-9,11-13,15H2. The number of amides is 1. The Balaban J connectivity index is 1.48. The second-order valence-corrected chi connectivity index (χ2v) is 6.29. The number of hydrogen-bond donors (Lipinski definition) is 1. The highest BCUT2D eigenvalue weighted by molar-refractivity contribution is 5.67. The van der Waals surface area contributed by atoms with Crippen molar-refractivity contribution in [2.75, 3.05) is 13.1 Å². The molecule has 5 nitrogen and oxygen atoms in total. The molecule has 1 aromatic carbocycles. The van der Waals surface area contributed by atoms with Crippen molar-refractivity contribution < 1.29 is 14.6 Å². The summed E-state index contributed by atoms with van der Waals surface area (Å²) in [4.78, 5) is 17.9. The van der Waals surface area contributed by atoms with E-state index in [9.17, 15) is 9.90 Å². The van der Waals surface area contributed by atoms with Gasteiger partial charge in [-0.3, -0.25) is 4.98 Å². The van der Waals surface area contributed by atoms with E-state index in [0.717, 1.165) is 11.1 Å². The molecule has 0 saturated carbocycles. The first-order valence-corrected chi connectivity index (χ1v) is 8.22. The fourth-order valence-corrected chi connectivity index (χ4v) is 2.98. The molecule has 1 saturated heterocycles. The number of aromatic nitrogens is 1. The fraction of sp³-hybridized carbons (Fsp3) is 0.368. The molecule has 1 amide bonds. The molecule has 1 aliphatic rings. The molecule has 0 bridgehead atoms. The quantitative estimate of drug-likeness (QED) is 0.938. The molecule has 1 aromatic heterocycles. The molecule has 1 aliphatic heterocycles. The number of hydrogen-bond acceptors (Lipinski definition) is 4. The number of piperidine rings is 1. The van der Waals surface area contributed by atoms with Gasteiger partial charge < -0.3 is 14.7 Å². The van der Waals surface area contributed by atoms with E-state index in [4.69, 9.17) is 4.74 Å². The Bertz CT molecular complexity index is 653. The van der Waals surface area contributed by atoms with Crippen LogP contribution in [0, 0.1) is 0 Å². The molecule has 0 atom stereocenters. The average molecular weight is 326 g/mol. The van der Waals surface area contributed by atoms with Gasteiger partial charge in [0.1, 0.15) is 6.61 Å². The molecule has 0 unspecified atom stereocenters. The van der Waals surface area contributed by atoms with Crippen LogP contribution in [0.25, 0.3) is 0 Å². The summed E-state index contributed by atoms with van der Waals surface area (Å²) in [6.07, 6.45) is 4.83. The molecule has 2 heterocycles. The Labute approximate surface area is 141 Å². The van der Waals surface area contributed by atoms with Gasteiger partial charge in [0.05, 0.1) is 5.60 Å². The molecular weight excluding hydrogens is 304 g/mol. The average Bonchev–Trinajstić information content (AvgIpc) is 2.62. The second-order valence-electron chi connectivity index (χ2n) is 6.29. The van der Waals surface area contributed by atoms with Crippen LogP contribution < -0.4 is 0 Å². The van der Waals surface area contributed by atoms with Crippen LogP contribution in [0.15, 0.2) is 54.9 Å². The lowest BCUT2D eigenvalue weighted by Crippen LogP contribution is -2.47. The number of carbonyl (C=O) groups excluding carboxylic acids is 1. The van der Waals surface area contributed by atoms with Gasteiger partial charge in [-0.2, -0.15) is 0 Å². The lowest BCUT2D eigenvalue weighted by Gasteiger charge is -2.37. The van der Waals surface area contributed by atoms with Crippen LogP contribution in [0.4, 0.5) is 4.79 Å². The zero-order chi connectivity index (χ0) is 16.8. The van der Waals surface area contributed by atoms with E-state index in [1.807, 2.05) is 42.5 Å². The van der Waals surface area contributed by atoms with Crippen LogP contribution in [-0.4, -0.2) is 39.8 Å². The topological polar surface area (TPSA) is 62.7 Å². The summed E-state index contributed by atoms with van der Waals surface area (Å²) in [5, 5.41) is 10.7. The highest BCUT2D eigenvalue weighted by atomic mass is 16.6. The first kappa shape index (κ1) is 16.5. The van der Waals surface area contributed by atoms with Crippen LogP contribution in [0.5, 0.6) is 0 Å². The third-order valence-electron chi connectivity index (χ3n) is 4.41. The summed E-state index contributed by atoms with van der Waals surface area (Å²) < 4.78 is 5.35. The Kier molecular flexibility index (Phi) is 5.11. The van der Waals surface area contributed by atoms with Gasteiger partial charge in [-0.15, -0.1) is 0 Å². The van der Waals surface area contributed by atoms with E-state index in [2.05, 4.69) is 4.98 Å². The molecule has 1 N–H and O–H groups in total. The second kappa shape index (κ2) is 7.45. The largest absolute Gasteiger partial charge is 0.445 e. The number of likely N-dealkylation sites (tertiary alicyclic amines) is 1. The van der Waals surface area contributed by atoms with Crippen molar-refractivity contribution >= 4 is 6.09 Å². The summed E-state index contributed by atoms with van der Waals surface area (Å²) in [6, 6.07) is 13.5. The van der Waals surface area contributed by atoms with Crippen LogP contribution >= 0.6 is 0 Å². The first-order valence-electron chi connectivity index (χ1n) is 8.22. The van der Waals surface area contributed by atoms with Crippen molar-refractivity contribution in [2.24, 2.45) is 0 Å². The van der Waals surface area contributed by atoms with E-state index in [1.165, 1.54) is 0 Å². The third-order valence-corrected chi connectivity index (χ3v) is 4.41. The molecule has 0 aliphatic carbocycles. The van der Waals surface area contributed by atoms with Crippen molar-refractivity contribution in [1.82, 2.24) is 9.88 Å². The fourth-order valence-electron chi connectivity index (χ4n) is 2.98. The normalized spacial score (nSPS) is 16.6. The van der Waals surface area contributed by atoms with Gasteiger partial charge in [0.2, 0.25) is 0 Å². The highest BCUT2D eigenvalue weighted by Gasteiger charge is 2.34. The number of pyridine rings is 1. The maximum absolute atomic E-state index is 12.2. The molecule has 0 radical (unpaired) electrons. The Morgan fingerprint density at radius 2 is 1.83 bits per heavy atom. The number of rotatable bonds is 4. The molecule has 24 heavy (non-hydrogen) atoms. The summed E-state index contributed by atoms with van der Waals surface area (Å²) in [7, 11) is 0. The van der Waals surface area contributed by atoms with E-state index in [-0.39, 0.29) is 12.7 Å². The maximum atomic E-state index is 12.2. The number of aliphatic hydroxyl groups is 1. The minimum Gasteiger partial charge on any atom is -0.445 e. The van der Waals surface area contributed by atoms with Crippen LogP contribution in [-0.2, 0) is 17.8 Å². The zero-order valence-corrected chi connectivity index (χ0v) is 13.6. The minimum absolute atomic E-state index is 0.274. The Morgan fingerprint density at radius 3 is 2.50 bits per heavy atom. The van der Waals surface area contributed by atoms with Crippen LogP contribution in [0.1, 0.15) is 24.0 Å². The Morgan fingerprint density at radius 1 is 1.12 bits per heavy atom. The van der Waals surface area contributed by atoms with Gasteiger partial charge in [0.25, 0.3) is 0 Å². The summed E-state index contributed by atoms with van der Waals surface area (Å²) in [5.41, 5.74) is 1.20. The summed E-state index contributed by atoms with van der Waals surface area (Å²) in [6.45, 7) is 1.28. The van der Waals surface area contributed by atoms with Gasteiger partial charge in [-0.1, -0.05) is 36.4 Å². The van der Waals surface area contributed by atoms with Crippen LogP contribution in [0.2, 0.25) is 0 Å².